The summed E-state index contributed by atoms with van der Waals surface area (Å²) < 4.78 is 0. The lowest BCUT2D eigenvalue weighted by Crippen LogP contribution is -2.47. The van der Waals surface area contributed by atoms with Crippen LogP contribution in [0.3, 0.4) is 0 Å². The first-order chi connectivity index (χ1) is 13.5. The van der Waals surface area contributed by atoms with Gasteiger partial charge in [-0.3, -0.25) is 14.5 Å². The third-order valence-electron chi connectivity index (χ3n) is 5.33. The number of nitrogens with one attached hydrogen (secondary N) is 2. The van der Waals surface area contributed by atoms with Gasteiger partial charge in [-0.05, 0) is 48.1 Å². The Bertz CT molecular complexity index is 961. The van der Waals surface area contributed by atoms with E-state index in [-0.39, 0.29) is 19.0 Å². The van der Waals surface area contributed by atoms with E-state index in [0.29, 0.717) is 11.4 Å². The van der Waals surface area contributed by atoms with E-state index in [0.717, 1.165) is 34.4 Å². The van der Waals surface area contributed by atoms with Crippen molar-refractivity contribution in [1.29, 1.82) is 0 Å². The number of hydrogen-bond acceptors (Lipinski definition) is 3. The van der Waals surface area contributed by atoms with Crippen molar-refractivity contribution in [2.75, 3.05) is 6.54 Å². The first kappa shape index (κ1) is 18.5. The predicted molar refractivity (Wildman–Crippen MR) is 105 cm³/mol. The van der Waals surface area contributed by atoms with Crippen molar-refractivity contribution < 1.29 is 14.4 Å². The summed E-state index contributed by atoms with van der Waals surface area (Å²) in [6, 6.07) is 14.3. The van der Waals surface area contributed by atoms with Crippen LogP contribution in [0.2, 0.25) is 5.02 Å². The third kappa shape index (κ3) is 3.24. The van der Waals surface area contributed by atoms with Crippen molar-refractivity contribution >= 4 is 29.4 Å². The number of imide groups is 1. The predicted octanol–water partition coefficient (Wildman–Crippen LogP) is 2.74. The summed E-state index contributed by atoms with van der Waals surface area (Å²) in [6.45, 7) is -0.0355. The Morgan fingerprint density at radius 3 is 2.82 bits per heavy atom. The molecule has 144 valence electrons. The Hall–Kier alpha value is -2.86. The monoisotopic (exact) mass is 397 g/mol. The zero-order valence-electron chi connectivity index (χ0n) is 15.2. The molecule has 1 spiro atoms. The molecule has 1 aliphatic heterocycles. The summed E-state index contributed by atoms with van der Waals surface area (Å²) in [4.78, 5) is 39.0. The van der Waals surface area contributed by atoms with Crippen molar-refractivity contribution in [3.63, 3.8) is 0 Å². The van der Waals surface area contributed by atoms with E-state index >= 15 is 0 Å². The van der Waals surface area contributed by atoms with Gasteiger partial charge in [0.15, 0.2) is 0 Å². The number of benzene rings is 2. The first-order valence-corrected chi connectivity index (χ1v) is 9.61. The summed E-state index contributed by atoms with van der Waals surface area (Å²) >= 11 is 5.94. The maximum atomic E-state index is 13.2. The topological polar surface area (TPSA) is 78.5 Å². The van der Waals surface area contributed by atoms with Crippen LogP contribution in [-0.4, -0.2) is 29.3 Å². The minimum absolute atomic E-state index is 0.275. The molecule has 1 fully saturated rings. The van der Waals surface area contributed by atoms with Crippen LogP contribution >= 0.6 is 11.6 Å². The maximum absolute atomic E-state index is 13.2. The van der Waals surface area contributed by atoms with E-state index in [2.05, 4.69) is 10.6 Å². The molecule has 1 atom stereocenters. The molecule has 1 unspecified atom stereocenters. The summed E-state index contributed by atoms with van der Waals surface area (Å²) in [5.41, 5.74) is 1.69. The second-order valence-electron chi connectivity index (χ2n) is 7.14. The normalized spacial score (nSPS) is 20.8. The zero-order chi connectivity index (χ0) is 19.7. The number of fused-ring (bicyclic) bond motifs is 2. The average molecular weight is 398 g/mol. The Morgan fingerprint density at radius 1 is 1.18 bits per heavy atom. The highest BCUT2D eigenvalue weighted by molar-refractivity contribution is 6.30. The zero-order valence-corrected chi connectivity index (χ0v) is 16.0. The number of carbonyl (C=O) groups is 3. The van der Waals surface area contributed by atoms with Crippen molar-refractivity contribution in [3.8, 4) is 0 Å². The Labute approximate surface area is 167 Å². The molecule has 6 nitrogen and oxygen atoms in total. The molecule has 1 aliphatic carbocycles. The van der Waals surface area contributed by atoms with Crippen LogP contribution in [0, 0.1) is 0 Å². The van der Waals surface area contributed by atoms with E-state index in [1.54, 1.807) is 18.2 Å². The summed E-state index contributed by atoms with van der Waals surface area (Å²) in [5, 5.41) is 6.17. The SMILES string of the molecule is O=C(CN1C(=O)NC2(CCCc3ccccc32)C1=O)NCc1cccc(Cl)c1. The van der Waals surface area contributed by atoms with Gasteiger partial charge in [0, 0.05) is 11.6 Å². The molecule has 1 heterocycles. The van der Waals surface area contributed by atoms with Crippen LogP contribution in [0.15, 0.2) is 48.5 Å². The smallest absolute Gasteiger partial charge is 0.325 e. The molecule has 2 aliphatic rings. The summed E-state index contributed by atoms with van der Waals surface area (Å²) in [6.07, 6.45) is 2.22. The molecule has 0 aromatic heterocycles. The molecule has 0 bridgehead atoms. The van der Waals surface area contributed by atoms with Gasteiger partial charge in [-0.2, -0.15) is 0 Å². The lowest BCUT2D eigenvalue weighted by atomic mass is 9.76. The van der Waals surface area contributed by atoms with Crippen LogP contribution in [0.1, 0.15) is 29.5 Å². The van der Waals surface area contributed by atoms with E-state index in [4.69, 9.17) is 11.6 Å². The fourth-order valence-corrected chi connectivity index (χ4v) is 4.21. The molecule has 4 rings (SSSR count). The number of rotatable bonds is 4. The van der Waals surface area contributed by atoms with Gasteiger partial charge < -0.3 is 10.6 Å². The van der Waals surface area contributed by atoms with Crippen LogP contribution in [0.25, 0.3) is 0 Å². The molecule has 0 saturated carbocycles. The fraction of sp³-hybridized carbons (Fsp3) is 0.286. The first-order valence-electron chi connectivity index (χ1n) is 9.23. The molecule has 28 heavy (non-hydrogen) atoms. The number of hydrogen-bond donors (Lipinski definition) is 2. The van der Waals surface area contributed by atoms with Crippen molar-refractivity contribution in [2.24, 2.45) is 0 Å². The van der Waals surface area contributed by atoms with Gasteiger partial charge in [-0.25, -0.2) is 4.79 Å². The Kier molecular flexibility index (Phi) is 4.81. The van der Waals surface area contributed by atoms with E-state index in [9.17, 15) is 14.4 Å². The highest BCUT2D eigenvalue weighted by atomic mass is 35.5. The summed E-state index contributed by atoms with van der Waals surface area (Å²) in [5.74, 6) is -0.757. The molecule has 7 heteroatoms. The van der Waals surface area contributed by atoms with E-state index in [1.165, 1.54) is 0 Å². The lowest BCUT2D eigenvalue weighted by Gasteiger charge is -2.33. The van der Waals surface area contributed by atoms with Gasteiger partial charge in [0.1, 0.15) is 12.1 Å². The third-order valence-corrected chi connectivity index (χ3v) is 5.57. The average Bonchev–Trinajstić information content (AvgIpc) is 2.92. The standard InChI is InChI=1S/C21H20ClN3O3/c22-16-8-3-5-14(11-16)12-23-18(26)13-25-19(27)21(24-20(25)28)10-4-7-15-6-1-2-9-17(15)21/h1-3,5-6,8-9,11H,4,7,10,12-13H2,(H,23,26)(H,24,28). The van der Waals surface area contributed by atoms with Crippen LogP contribution in [-0.2, 0) is 28.1 Å². The molecule has 0 radical (unpaired) electrons. The van der Waals surface area contributed by atoms with Crippen molar-refractivity contribution in [3.05, 3.63) is 70.2 Å². The minimum Gasteiger partial charge on any atom is -0.350 e. The quantitative estimate of drug-likeness (QED) is 0.778. The second-order valence-corrected chi connectivity index (χ2v) is 7.58. The minimum atomic E-state index is -1.06. The van der Waals surface area contributed by atoms with Gasteiger partial charge in [-0.1, -0.05) is 48.0 Å². The van der Waals surface area contributed by atoms with E-state index < -0.39 is 17.5 Å². The van der Waals surface area contributed by atoms with Gasteiger partial charge in [0.05, 0.1) is 0 Å². The highest BCUT2D eigenvalue weighted by Gasteiger charge is 2.54. The molecule has 2 aromatic carbocycles. The number of amides is 4. The van der Waals surface area contributed by atoms with E-state index in [1.807, 2.05) is 30.3 Å². The van der Waals surface area contributed by atoms with Gasteiger partial charge in [0.25, 0.3) is 5.91 Å². The number of carbonyl (C=O) groups excluding carboxylic acids is 3. The highest BCUT2D eigenvalue weighted by Crippen LogP contribution is 2.39. The molecule has 1 saturated heterocycles. The Morgan fingerprint density at radius 2 is 2.00 bits per heavy atom. The van der Waals surface area contributed by atoms with Crippen LogP contribution < -0.4 is 10.6 Å². The van der Waals surface area contributed by atoms with Crippen LogP contribution in [0.4, 0.5) is 4.79 Å². The maximum Gasteiger partial charge on any atom is 0.325 e. The van der Waals surface area contributed by atoms with Gasteiger partial charge in [-0.15, -0.1) is 0 Å². The second kappa shape index (κ2) is 7.28. The molecule has 2 aromatic rings. The lowest BCUT2D eigenvalue weighted by molar-refractivity contribution is -0.135. The number of urea groups is 1. The Balaban J connectivity index is 1.47. The number of aryl methyl sites for hydroxylation is 1. The van der Waals surface area contributed by atoms with Crippen molar-refractivity contribution in [1.82, 2.24) is 15.5 Å². The molecular weight excluding hydrogens is 378 g/mol. The van der Waals surface area contributed by atoms with Crippen molar-refractivity contribution in [2.45, 2.75) is 31.3 Å². The van der Waals surface area contributed by atoms with Gasteiger partial charge >= 0.3 is 6.03 Å². The van der Waals surface area contributed by atoms with Gasteiger partial charge in [0.2, 0.25) is 5.91 Å². The molecule has 2 N–H and O–H groups in total. The molecule has 4 amide bonds. The summed E-state index contributed by atoms with van der Waals surface area (Å²) in [7, 11) is 0. The number of nitrogens with zero attached hydrogens (tertiary/aromatic N) is 1. The molecular formula is C21H20ClN3O3. The fourth-order valence-electron chi connectivity index (χ4n) is 4.00. The van der Waals surface area contributed by atoms with Crippen LogP contribution in [0.5, 0.6) is 0 Å². The number of halogens is 1. The largest absolute Gasteiger partial charge is 0.350 e.